The van der Waals surface area contributed by atoms with Gasteiger partial charge in [-0.3, -0.25) is 4.90 Å². The molecule has 0 radical (unpaired) electrons. The van der Waals surface area contributed by atoms with Gasteiger partial charge in [-0.2, -0.15) is 0 Å². The Morgan fingerprint density at radius 2 is 1.67 bits per heavy atom. The number of hydrogen-bond donors (Lipinski definition) is 1. The van der Waals surface area contributed by atoms with Crippen LogP contribution in [0.5, 0.6) is 0 Å². The highest BCUT2D eigenvalue weighted by Crippen LogP contribution is 2.42. The molecule has 2 aliphatic rings. The molecule has 21 heavy (non-hydrogen) atoms. The molecular weight excluding hydrogens is 258 g/mol. The van der Waals surface area contributed by atoms with E-state index in [1.54, 1.807) is 0 Å². The second-order valence-electron chi connectivity index (χ2n) is 8.36. The molecule has 124 valence electrons. The van der Waals surface area contributed by atoms with E-state index >= 15 is 0 Å². The topological polar surface area (TPSA) is 32.5 Å². The summed E-state index contributed by atoms with van der Waals surface area (Å²) in [6, 6.07) is 0. The Hall–Kier alpha value is -0.120. The molecule has 0 aromatic rings. The van der Waals surface area contributed by atoms with Crippen LogP contribution in [0.2, 0.25) is 0 Å². The molecule has 2 fully saturated rings. The minimum absolute atomic E-state index is 0.242. The molecule has 0 saturated heterocycles. The van der Waals surface area contributed by atoms with Gasteiger partial charge >= 0.3 is 0 Å². The molecule has 0 aliphatic heterocycles. The zero-order valence-corrected chi connectivity index (χ0v) is 15.0. The van der Waals surface area contributed by atoms with E-state index in [0.29, 0.717) is 5.54 Å². The van der Waals surface area contributed by atoms with Crippen LogP contribution in [-0.2, 0) is 0 Å². The summed E-state index contributed by atoms with van der Waals surface area (Å²) in [6.45, 7) is 6.76. The van der Waals surface area contributed by atoms with Crippen LogP contribution in [0.1, 0.15) is 58.8 Å². The third-order valence-electron chi connectivity index (χ3n) is 6.76. The average Bonchev–Trinajstić information content (AvgIpc) is 2.41. The van der Waals surface area contributed by atoms with Crippen molar-refractivity contribution in [3.8, 4) is 0 Å². The summed E-state index contributed by atoms with van der Waals surface area (Å²) in [6.07, 6.45) is 9.40. The fraction of sp³-hybridized carbons (Fsp3) is 1.00. The van der Waals surface area contributed by atoms with Gasteiger partial charge in [0.1, 0.15) is 0 Å². The van der Waals surface area contributed by atoms with E-state index in [9.17, 15) is 0 Å². The molecule has 0 aromatic carbocycles. The van der Waals surface area contributed by atoms with Crippen LogP contribution in [0.3, 0.4) is 0 Å². The predicted octanol–water partition coefficient (Wildman–Crippen LogP) is 2.95. The van der Waals surface area contributed by atoms with Crippen LogP contribution in [-0.4, -0.2) is 55.1 Å². The van der Waals surface area contributed by atoms with E-state index in [1.807, 2.05) is 0 Å². The highest BCUT2D eigenvalue weighted by Gasteiger charge is 2.45. The lowest BCUT2D eigenvalue weighted by molar-refractivity contribution is -0.0296. The fourth-order valence-corrected chi connectivity index (χ4v) is 4.58. The molecule has 2 N–H and O–H groups in total. The molecule has 0 bridgehead atoms. The average molecular weight is 296 g/mol. The predicted molar refractivity (Wildman–Crippen MR) is 91.5 cm³/mol. The Bertz CT molecular complexity index is 335. The first-order chi connectivity index (χ1) is 9.85. The smallest absolute Gasteiger partial charge is 0.0332 e. The quantitative estimate of drug-likeness (QED) is 0.818. The summed E-state index contributed by atoms with van der Waals surface area (Å²) in [7, 11) is 6.83. The van der Waals surface area contributed by atoms with Crippen LogP contribution in [0, 0.1) is 11.8 Å². The van der Waals surface area contributed by atoms with Gasteiger partial charge in [-0.05, 0) is 65.1 Å². The van der Waals surface area contributed by atoms with Gasteiger partial charge in [0.05, 0.1) is 0 Å². The lowest BCUT2D eigenvalue weighted by atomic mass is 9.69. The van der Waals surface area contributed by atoms with Crippen molar-refractivity contribution < 1.29 is 0 Å². The summed E-state index contributed by atoms with van der Waals surface area (Å²) in [5.41, 5.74) is 6.95. The van der Waals surface area contributed by atoms with Gasteiger partial charge in [-0.1, -0.05) is 26.7 Å². The van der Waals surface area contributed by atoms with E-state index < -0.39 is 0 Å². The monoisotopic (exact) mass is 295 g/mol. The summed E-state index contributed by atoms with van der Waals surface area (Å²) in [5, 5.41) is 0. The van der Waals surface area contributed by atoms with Crippen molar-refractivity contribution in [1.82, 2.24) is 9.80 Å². The van der Waals surface area contributed by atoms with Gasteiger partial charge in [-0.15, -0.1) is 0 Å². The molecule has 2 atom stereocenters. The maximum atomic E-state index is 6.30. The zero-order valence-electron chi connectivity index (χ0n) is 15.0. The summed E-state index contributed by atoms with van der Waals surface area (Å²) in [5.74, 6) is 1.64. The van der Waals surface area contributed by atoms with Crippen LogP contribution >= 0.6 is 0 Å². The van der Waals surface area contributed by atoms with Crippen molar-refractivity contribution >= 4 is 0 Å². The lowest BCUT2D eigenvalue weighted by Gasteiger charge is -2.55. The maximum absolute atomic E-state index is 6.30. The minimum Gasteiger partial charge on any atom is -0.329 e. The van der Waals surface area contributed by atoms with Crippen molar-refractivity contribution in [2.75, 3.05) is 34.2 Å². The van der Waals surface area contributed by atoms with Crippen LogP contribution in [0.15, 0.2) is 0 Å². The Morgan fingerprint density at radius 1 is 1.05 bits per heavy atom. The lowest BCUT2D eigenvalue weighted by Crippen LogP contribution is -2.63. The number of nitrogens with two attached hydrogens (primary N) is 1. The summed E-state index contributed by atoms with van der Waals surface area (Å²) >= 11 is 0. The fourth-order valence-electron chi connectivity index (χ4n) is 4.58. The third-order valence-corrected chi connectivity index (χ3v) is 6.76. The molecule has 2 aliphatic carbocycles. The van der Waals surface area contributed by atoms with Crippen LogP contribution in [0.25, 0.3) is 0 Å². The SMILES string of the molecule is CC(C)C1CCCC(CN)(N(C)CC2(N(C)C)CCC2)C1. The molecular formula is C18H37N3. The minimum atomic E-state index is 0.242. The molecule has 0 spiro atoms. The maximum Gasteiger partial charge on any atom is 0.0332 e. The largest absolute Gasteiger partial charge is 0.329 e. The van der Waals surface area contributed by atoms with Gasteiger partial charge in [0.2, 0.25) is 0 Å². The number of hydrogen-bond acceptors (Lipinski definition) is 3. The van der Waals surface area contributed by atoms with E-state index in [2.05, 4.69) is 44.8 Å². The molecule has 2 rings (SSSR count). The van der Waals surface area contributed by atoms with Crippen molar-refractivity contribution in [3.05, 3.63) is 0 Å². The van der Waals surface area contributed by atoms with Gasteiger partial charge < -0.3 is 10.6 Å². The first kappa shape index (κ1) is 17.2. The van der Waals surface area contributed by atoms with E-state index in [0.717, 1.165) is 18.4 Å². The molecule has 3 heteroatoms. The van der Waals surface area contributed by atoms with E-state index in [-0.39, 0.29) is 5.54 Å². The number of likely N-dealkylation sites (N-methyl/N-ethyl adjacent to an activating group) is 2. The van der Waals surface area contributed by atoms with Crippen molar-refractivity contribution in [1.29, 1.82) is 0 Å². The first-order valence-corrected chi connectivity index (χ1v) is 8.94. The highest BCUT2D eigenvalue weighted by atomic mass is 15.3. The van der Waals surface area contributed by atoms with Gasteiger partial charge in [0.25, 0.3) is 0 Å². The molecule has 0 heterocycles. The Morgan fingerprint density at radius 3 is 2.10 bits per heavy atom. The molecule has 0 aromatic heterocycles. The first-order valence-electron chi connectivity index (χ1n) is 8.94. The zero-order chi connectivity index (χ0) is 15.7. The summed E-state index contributed by atoms with van der Waals surface area (Å²) < 4.78 is 0. The Balaban J connectivity index is 2.08. The Labute approximate surface area is 132 Å². The Kier molecular flexibility index (Phi) is 5.38. The second-order valence-corrected chi connectivity index (χ2v) is 8.36. The van der Waals surface area contributed by atoms with Gasteiger partial charge in [-0.25, -0.2) is 0 Å². The van der Waals surface area contributed by atoms with Gasteiger partial charge in [0.15, 0.2) is 0 Å². The molecule has 2 unspecified atom stereocenters. The van der Waals surface area contributed by atoms with Crippen LogP contribution < -0.4 is 5.73 Å². The second kappa shape index (κ2) is 6.55. The van der Waals surface area contributed by atoms with E-state index in [4.69, 9.17) is 5.73 Å². The third kappa shape index (κ3) is 3.30. The van der Waals surface area contributed by atoms with E-state index in [1.165, 1.54) is 51.5 Å². The number of nitrogens with zero attached hydrogens (tertiary/aromatic N) is 2. The van der Waals surface area contributed by atoms with Crippen molar-refractivity contribution in [2.24, 2.45) is 17.6 Å². The standard InChI is InChI=1S/C18H37N3/c1-15(2)16-8-6-9-18(12-16,13-19)21(5)14-17(20(3)4)10-7-11-17/h15-16H,6-14,19H2,1-5H3. The molecule has 0 amide bonds. The number of rotatable bonds is 6. The van der Waals surface area contributed by atoms with Gasteiger partial charge in [0, 0.05) is 24.2 Å². The van der Waals surface area contributed by atoms with Crippen LogP contribution in [0.4, 0.5) is 0 Å². The molecule has 3 nitrogen and oxygen atoms in total. The normalized spacial score (nSPS) is 32.7. The summed E-state index contributed by atoms with van der Waals surface area (Å²) in [4.78, 5) is 5.10. The molecule has 2 saturated carbocycles. The van der Waals surface area contributed by atoms with Crippen molar-refractivity contribution in [3.63, 3.8) is 0 Å². The van der Waals surface area contributed by atoms with Crippen molar-refractivity contribution in [2.45, 2.75) is 69.9 Å². The highest BCUT2D eigenvalue weighted by molar-refractivity contribution is 5.03.